The molecule has 0 amide bonds. The molecule has 0 unspecified atom stereocenters. The lowest BCUT2D eigenvalue weighted by molar-refractivity contribution is 0.886. The molecule has 0 spiro atoms. The summed E-state index contributed by atoms with van der Waals surface area (Å²) in [6.07, 6.45) is 0. The number of anilines is 1. The zero-order valence-electron chi connectivity index (χ0n) is 11.2. The Morgan fingerprint density at radius 1 is 0.778 bits per heavy atom. The number of rotatable bonds is 3. The van der Waals surface area contributed by atoms with Gasteiger partial charge in [0, 0.05) is 22.8 Å². The van der Waals surface area contributed by atoms with E-state index in [-0.39, 0.29) is 0 Å². The molecule has 0 saturated heterocycles. The first-order chi connectivity index (χ1) is 8.52. The molecule has 2 aromatic heterocycles. The van der Waals surface area contributed by atoms with Crippen LogP contribution in [0, 0.1) is 27.7 Å². The van der Waals surface area contributed by atoms with Crippen molar-refractivity contribution in [2.24, 2.45) is 0 Å². The maximum atomic E-state index is 4.36. The maximum Gasteiger partial charge on any atom is 0.223 e. The molecule has 0 fully saturated rings. The van der Waals surface area contributed by atoms with E-state index in [2.05, 4.69) is 25.3 Å². The Labute approximate surface area is 107 Å². The first kappa shape index (κ1) is 12.4. The van der Waals surface area contributed by atoms with Gasteiger partial charge in [0.05, 0.1) is 6.54 Å². The quantitative estimate of drug-likeness (QED) is 0.894. The molecule has 2 rings (SSSR count). The molecule has 0 aliphatic heterocycles. The van der Waals surface area contributed by atoms with E-state index in [1.165, 1.54) is 0 Å². The van der Waals surface area contributed by atoms with Crippen molar-refractivity contribution in [1.29, 1.82) is 0 Å². The van der Waals surface area contributed by atoms with Gasteiger partial charge >= 0.3 is 0 Å². The van der Waals surface area contributed by atoms with Crippen LogP contribution < -0.4 is 5.32 Å². The van der Waals surface area contributed by atoms with Crippen molar-refractivity contribution in [2.45, 2.75) is 34.2 Å². The summed E-state index contributed by atoms with van der Waals surface area (Å²) >= 11 is 0. The molecule has 0 aliphatic carbocycles. The van der Waals surface area contributed by atoms with E-state index < -0.39 is 0 Å². The molecule has 2 aromatic rings. The van der Waals surface area contributed by atoms with Crippen LogP contribution in [0.4, 0.5) is 5.95 Å². The van der Waals surface area contributed by atoms with Gasteiger partial charge in [0.1, 0.15) is 5.82 Å². The minimum Gasteiger partial charge on any atom is -0.347 e. The molecule has 2 heterocycles. The minimum absolute atomic E-state index is 0.533. The number of hydrogen-bond donors (Lipinski definition) is 1. The van der Waals surface area contributed by atoms with E-state index in [9.17, 15) is 0 Å². The van der Waals surface area contributed by atoms with Gasteiger partial charge in [-0.3, -0.25) is 0 Å². The second-order valence-corrected chi connectivity index (χ2v) is 4.39. The number of aryl methyl sites for hydroxylation is 4. The van der Waals surface area contributed by atoms with Crippen LogP contribution >= 0.6 is 0 Å². The van der Waals surface area contributed by atoms with Crippen LogP contribution in [0.2, 0.25) is 0 Å². The van der Waals surface area contributed by atoms with Gasteiger partial charge in [-0.1, -0.05) is 0 Å². The fourth-order valence-corrected chi connectivity index (χ4v) is 1.84. The van der Waals surface area contributed by atoms with Crippen LogP contribution in [0.1, 0.15) is 28.6 Å². The van der Waals surface area contributed by atoms with Crippen LogP contribution in [-0.2, 0) is 6.54 Å². The van der Waals surface area contributed by atoms with Crippen molar-refractivity contribution in [1.82, 2.24) is 19.9 Å². The van der Waals surface area contributed by atoms with Crippen LogP contribution in [-0.4, -0.2) is 19.9 Å². The third-order valence-corrected chi connectivity index (χ3v) is 2.42. The standard InChI is InChI=1S/C13H17N5/c1-8-5-9(2)16-12(15-8)7-14-13-17-10(3)6-11(4)18-13/h5-6H,7H2,1-4H3,(H,14,17,18). The summed E-state index contributed by atoms with van der Waals surface area (Å²) in [5.41, 5.74) is 3.85. The Kier molecular flexibility index (Phi) is 3.50. The summed E-state index contributed by atoms with van der Waals surface area (Å²) in [6.45, 7) is 8.36. The van der Waals surface area contributed by atoms with Crippen molar-refractivity contribution < 1.29 is 0 Å². The molecule has 0 radical (unpaired) electrons. The van der Waals surface area contributed by atoms with Gasteiger partial charge in [-0.25, -0.2) is 19.9 Å². The molecule has 0 atom stereocenters. The van der Waals surface area contributed by atoms with E-state index in [1.807, 2.05) is 39.8 Å². The molecule has 5 nitrogen and oxygen atoms in total. The van der Waals surface area contributed by atoms with Crippen molar-refractivity contribution in [2.75, 3.05) is 5.32 Å². The Morgan fingerprint density at radius 2 is 1.22 bits per heavy atom. The Balaban J connectivity index is 2.11. The summed E-state index contributed by atoms with van der Waals surface area (Å²) in [6, 6.07) is 3.90. The van der Waals surface area contributed by atoms with Crippen LogP contribution in [0.15, 0.2) is 12.1 Å². The largest absolute Gasteiger partial charge is 0.347 e. The predicted molar refractivity (Wildman–Crippen MR) is 70.3 cm³/mol. The molecule has 1 N–H and O–H groups in total. The Hall–Kier alpha value is -2.04. The highest BCUT2D eigenvalue weighted by molar-refractivity contribution is 5.28. The average molecular weight is 243 g/mol. The molecular formula is C13H17N5. The summed E-state index contributed by atoms with van der Waals surface area (Å²) in [7, 11) is 0. The lowest BCUT2D eigenvalue weighted by atomic mass is 10.3. The van der Waals surface area contributed by atoms with Crippen molar-refractivity contribution >= 4 is 5.95 Å². The third-order valence-electron chi connectivity index (χ3n) is 2.42. The second-order valence-electron chi connectivity index (χ2n) is 4.39. The predicted octanol–water partition coefficient (Wildman–Crippen LogP) is 2.11. The summed E-state index contributed by atoms with van der Waals surface area (Å²) < 4.78 is 0. The van der Waals surface area contributed by atoms with E-state index in [0.717, 1.165) is 28.6 Å². The zero-order valence-corrected chi connectivity index (χ0v) is 11.2. The van der Waals surface area contributed by atoms with Crippen molar-refractivity contribution in [3.8, 4) is 0 Å². The van der Waals surface area contributed by atoms with Gasteiger partial charge in [-0.2, -0.15) is 0 Å². The molecule has 0 aromatic carbocycles. The van der Waals surface area contributed by atoms with Gasteiger partial charge in [0.15, 0.2) is 0 Å². The van der Waals surface area contributed by atoms with Crippen molar-refractivity contribution in [3.63, 3.8) is 0 Å². The molecule has 18 heavy (non-hydrogen) atoms. The molecule has 94 valence electrons. The third kappa shape index (κ3) is 3.23. The van der Waals surface area contributed by atoms with Gasteiger partial charge in [0.25, 0.3) is 0 Å². The highest BCUT2D eigenvalue weighted by Crippen LogP contribution is 2.05. The summed E-state index contributed by atoms with van der Waals surface area (Å²) in [4.78, 5) is 17.4. The zero-order chi connectivity index (χ0) is 13.1. The summed E-state index contributed by atoms with van der Waals surface area (Å²) in [5, 5.41) is 3.15. The van der Waals surface area contributed by atoms with Gasteiger partial charge in [-0.15, -0.1) is 0 Å². The van der Waals surface area contributed by atoms with E-state index in [4.69, 9.17) is 0 Å². The number of nitrogens with zero attached hydrogens (tertiary/aromatic N) is 4. The van der Waals surface area contributed by atoms with Gasteiger partial charge in [-0.05, 0) is 39.8 Å². The Morgan fingerprint density at radius 3 is 1.72 bits per heavy atom. The fraction of sp³-hybridized carbons (Fsp3) is 0.385. The normalized spacial score (nSPS) is 10.4. The fourth-order valence-electron chi connectivity index (χ4n) is 1.84. The van der Waals surface area contributed by atoms with Crippen LogP contribution in [0.3, 0.4) is 0 Å². The molecule has 0 aliphatic rings. The van der Waals surface area contributed by atoms with E-state index >= 15 is 0 Å². The molecule has 0 bridgehead atoms. The van der Waals surface area contributed by atoms with E-state index in [1.54, 1.807) is 0 Å². The molecular weight excluding hydrogens is 226 g/mol. The van der Waals surface area contributed by atoms with Gasteiger partial charge in [0.2, 0.25) is 5.95 Å². The average Bonchev–Trinajstić information content (AvgIpc) is 2.23. The highest BCUT2D eigenvalue weighted by atomic mass is 15.1. The van der Waals surface area contributed by atoms with E-state index in [0.29, 0.717) is 12.5 Å². The smallest absolute Gasteiger partial charge is 0.223 e. The SMILES string of the molecule is Cc1cc(C)nc(CNc2nc(C)cc(C)n2)n1. The summed E-state index contributed by atoms with van der Waals surface area (Å²) in [5.74, 6) is 1.38. The van der Waals surface area contributed by atoms with Gasteiger partial charge < -0.3 is 5.32 Å². The molecule has 5 heteroatoms. The lowest BCUT2D eigenvalue weighted by Gasteiger charge is -2.07. The first-order valence-corrected chi connectivity index (χ1v) is 5.90. The minimum atomic E-state index is 0.533. The van der Waals surface area contributed by atoms with Crippen LogP contribution in [0.5, 0.6) is 0 Å². The number of hydrogen-bond acceptors (Lipinski definition) is 5. The number of nitrogens with one attached hydrogen (secondary N) is 1. The monoisotopic (exact) mass is 243 g/mol. The first-order valence-electron chi connectivity index (χ1n) is 5.90. The second kappa shape index (κ2) is 5.08. The number of aromatic nitrogens is 4. The molecule has 0 saturated carbocycles. The van der Waals surface area contributed by atoms with Crippen molar-refractivity contribution in [3.05, 3.63) is 40.7 Å². The topological polar surface area (TPSA) is 63.6 Å². The maximum absolute atomic E-state index is 4.36. The van der Waals surface area contributed by atoms with Crippen LogP contribution in [0.25, 0.3) is 0 Å². The highest BCUT2D eigenvalue weighted by Gasteiger charge is 2.02. The Bertz CT molecular complexity index is 473. The lowest BCUT2D eigenvalue weighted by Crippen LogP contribution is -2.09.